The third-order valence-electron chi connectivity index (χ3n) is 5.37. The number of anilines is 1. The Balaban J connectivity index is 1.35. The fourth-order valence-corrected chi connectivity index (χ4v) is 4.19. The Hall–Kier alpha value is -1.96. The fourth-order valence-electron chi connectivity index (χ4n) is 3.80. The molecular weight excluding hydrogens is 424 g/mol. The van der Waals surface area contributed by atoms with Gasteiger partial charge in [-0.3, -0.25) is 0 Å². The van der Waals surface area contributed by atoms with Crippen LogP contribution >= 0.6 is 15.9 Å². The predicted molar refractivity (Wildman–Crippen MR) is 113 cm³/mol. The zero-order valence-electron chi connectivity index (χ0n) is 16.3. The molecule has 2 saturated heterocycles. The van der Waals surface area contributed by atoms with E-state index in [0.29, 0.717) is 32.2 Å². The van der Waals surface area contributed by atoms with Crippen LogP contribution in [0.25, 0.3) is 0 Å². The van der Waals surface area contributed by atoms with Crippen LogP contribution in [-0.4, -0.2) is 62.4 Å². The van der Waals surface area contributed by atoms with Crippen molar-refractivity contribution in [3.63, 3.8) is 0 Å². The summed E-state index contributed by atoms with van der Waals surface area (Å²) in [5.74, 6) is 0.454. The van der Waals surface area contributed by atoms with Gasteiger partial charge in [0.25, 0.3) is 0 Å². The number of halogens is 1. The molecule has 0 radical (unpaired) electrons. The number of carbonyl (C=O) groups excluding carboxylic acids is 2. The van der Waals surface area contributed by atoms with Crippen molar-refractivity contribution >= 4 is 33.7 Å². The number of nitrogens with zero attached hydrogens (tertiary/aromatic N) is 2. The van der Waals surface area contributed by atoms with Gasteiger partial charge in [0.2, 0.25) is 0 Å². The molecule has 2 fully saturated rings. The van der Waals surface area contributed by atoms with E-state index in [2.05, 4.69) is 43.6 Å². The van der Waals surface area contributed by atoms with Crippen molar-refractivity contribution in [2.24, 2.45) is 5.92 Å². The first-order valence-corrected chi connectivity index (χ1v) is 10.8. The van der Waals surface area contributed by atoms with Crippen LogP contribution in [-0.2, 0) is 4.74 Å². The Morgan fingerprint density at radius 2 is 2.00 bits per heavy atom. The monoisotopic (exact) mass is 452 g/mol. The molecular formula is C20H29BrN4O3. The van der Waals surface area contributed by atoms with Crippen LogP contribution < -0.4 is 15.5 Å². The second-order valence-electron chi connectivity index (χ2n) is 7.40. The van der Waals surface area contributed by atoms with E-state index in [1.54, 1.807) is 11.8 Å². The second-order valence-corrected chi connectivity index (χ2v) is 8.31. The third kappa shape index (κ3) is 5.77. The Kier molecular flexibility index (Phi) is 7.42. The molecule has 0 spiro atoms. The molecule has 154 valence electrons. The lowest BCUT2D eigenvalue weighted by molar-refractivity contribution is 0.0957. The van der Waals surface area contributed by atoms with E-state index >= 15 is 0 Å². The molecule has 7 nitrogen and oxygen atoms in total. The van der Waals surface area contributed by atoms with Gasteiger partial charge in [-0.15, -0.1) is 0 Å². The topological polar surface area (TPSA) is 73.9 Å². The highest BCUT2D eigenvalue weighted by Crippen LogP contribution is 2.25. The zero-order chi connectivity index (χ0) is 19.9. The van der Waals surface area contributed by atoms with Crippen LogP contribution in [0.2, 0.25) is 0 Å². The summed E-state index contributed by atoms with van der Waals surface area (Å²) in [6, 6.07) is 8.32. The highest BCUT2D eigenvalue weighted by Gasteiger charge is 2.26. The minimum atomic E-state index is -0.262. The van der Waals surface area contributed by atoms with E-state index in [-0.39, 0.29) is 18.2 Å². The second kappa shape index (κ2) is 10.0. The molecule has 0 aliphatic carbocycles. The number of likely N-dealkylation sites (tertiary alicyclic amines) is 1. The molecule has 28 heavy (non-hydrogen) atoms. The molecule has 0 saturated carbocycles. The number of hydrogen-bond acceptors (Lipinski definition) is 4. The van der Waals surface area contributed by atoms with Crippen molar-refractivity contribution in [1.29, 1.82) is 0 Å². The molecule has 2 N–H and O–H groups in total. The molecule has 2 heterocycles. The zero-order valence-corrected chi connectivity index (χ0v) is 17.9. The standard InChI is InChI=1S/C20H29BrN4O3/c1-2-28-20(27)24-10-7-17(8-11-24)23-19(26)22-13-15-6-9-25(14-15)18-5-3-4-16(21)12-18/h3-5,12,15,17H,2,6-11,13-14H2,1H3,(H2,22,23,26). The van der Waals surface area contributed by atoms with Gasteiger partial charge in [-0.1, -0.05) is 22.0 Å². The van der Waals surface area contributed by atoms with Gasteiger partial charge in [-0.25, -0.2) is 9.59 Å². The number of carbonyl (C=O) groups is 2. The number of ether oxygens (including phenoxy) is 1. The number of hydrogen-bond donors (Lipinski definition) is 2. The van der Waals surface area contributed by atoms with Gasteiger partial charge < -0.3 is 25.2 Å². The average molecular weight is 453 g/mol. The first kappa shape index (κ1) is 20.8. The Labute approximate surface area is 174 Å². The van der Waals surface area contributed by atoms with Gasteiger partial charge >= 0.3 is 12.1 Å². The highest BCUT2D eigenvalue weighted by atomic mass is 79.9. The summed E-state index contributed by atoms with van der Waals surface area (Å²) in [7, 11) is 0. The predicted octanol–water partition coefficient (Wildman–Crippen LogP) is 3.20. The first-order valence-electron chi connectivity index (χ1n) is 10.0. The summed E-state index contributed by atoms with van der Waals surface area (Å²) in [6.45, 7) is 6.07. The molecule has 1 atom stereocenters. The fraction of sp³-hybridized carbons (Fsp3) is 0.600. The van der Waals surface area contributed by atoms with Crippen molar-refractivity contribution in [2.75, 3.05) is 44.2 Å². The van der Waals surface area contributed by atoms with Crippen molar-refractivity contribution in [1.82, 2.24) is 15.5 Å². The smallest absolute Gasteiger partial charge is 0.409 e. The molecule has 8 heteroatoms. The number of piperidine rings is 1. The molecule has 3 amide bonds. The number of urea groups is 1. The summed E-state index contributed by atoms with van der Waals surface area (Å²) in [6.07, 6.45) is 2.32. The molecule has 3 rings (SSSR count). The van der Waals surface area contributed by atoms with Gasteiger partial charge in [-0.05, 0) is 50.3 Å². The number of benzene rings is 1. The maximum Gasteiger partial charge on any atom is 0.409 e. The summed E-state index contributed by atoms with van der Waals surface area (Å²) >= 11 is 3.52. The SMILES string of the molecule is CCOC(=O)N1CCC(NC(=O)NCC2CCN(c3cccc(Br)c3)C2)CC1. The maximum atomic E-state index is 12.2. The maximum absolute atomic E-state index is 12.2. The molecule has 2 aliphatic heterocycles. The van der Waals surface area contributed by atoms with Crippen LogP contribution in [0, 0.1) is 5.92 Å². The minimum absolute atomic E-state index is 0.104. The van der Waals surface area contributed by atoms with E-state index in [1.165, 1.54) is 5.69 Å². The lowest BCUT2D eigenvalue weighted by Gasteiger charge is -2.31. The lowest BCUT2D eigenvalue weighted by atomic mass is 10.1. The van der Waals surface area contributed by atoms with Crippen molar-refractivity contribution in [2.45, 2.75) is 32.2 Å². The van der Waals surface area contributed by atoms with Gasteiger partial charge in [0.15, 0.2) is 0 Å². The van der Waals surface area contributed by atoms with E-state index in [0.717, 1.165) is 36.8 Å². The highest BCUT2D eigenvalue weighted by molar-refractivity contribution is 9.10. The quantitative estimate of drug-likeness (QED) is 0.719. The van der Waals surface area contributed by atoms with Gasteiger partial charge in [-0.2, -0.15) is 0 Å². The average Bonchev–Trinajstić information content (AvgIpc) is 3.16. The Morgan fingerprint density at radius 3 is 2.71 bits per heavy atom. The summed E-state index contributed by atoms with van der Waals surface area (Å²) in [5, 5.41) is 6.05. The number of amides is 3. The molecule has 1 aromatic rings. The number of rotatable bonds is 5. The molecule has 1 unspecified atom stereocenters. The minimum Gasteiger partial charge on any atom is -0.450 e. The summed E-state index contributed by atoms with van der Waals surface area (Å²) in [4.78, 5) is 28.0. The van der Waals surface area contributed by atoms with E-state index in [4.69, 9.17) is 4.74 Å². The van der Waals surface area contributed by atoms with Crippen molar-refractivity contribution in [3.05, 3.63) is 28.7 Å². The first-order chi connectivity index (χ1) is 13.5. The molecule has 0 aromatic heterocycles. The van der Waals surface area contributed by atoms with Crippen molar-refractivity contribution < 1.29 is 14.3 Å². The van der Waals surface area contributed by atoms with Gasteiger partial charge in [0, 0.05) is 48.9 Å². The summed E-state index contributed by atoms with van der Waals surface area (Å²) in [5.41, 5.74) is 1.22. The van der Waals surface area contributed by atoms with Crippen LogP contribution in [0.4, 0.5) is 15.3 Å². The van der Waals surface area contributed by atoms with Gasteiger partial charge in [0.1, 0.15) is 0 Å². The molecule has 1 aromatic carbocycles. The molecule has 0 bridgehead atoms. The lowest BCUT2D eigenvalue weighted by Crippen LogP contribution is -2.49. The van der Waals surface area contributed by atoms with Crippen LogP contribution in [0.1, 0.15) is 26.2 Å². The summed E-state index contributed by atoms with van der Waals surface area (Å²) < 4.78 is 6.10. The van der Waals surface area contributed by atoms with Crippen LogP contribution in [0.5, 0.6) is 0 Å². The largest absolute Gasteiger partial charge is 0.450 e. The van der Waals surface area contributed by atoms with E-state index < -0.39 is 0 Å². The normalized spacial score (nSPS) is 20.1. The van der Waals surface area contributed by atoms with E-state index in [9.17, 15) is 9.59 Å². The number of nitrogens with one attached hydrogen (secondary N) is 2. The molecule has 2 aliphatic rings. The van der Waals surface area contributed by atoms with Crippen LogP contribution in [0.15, 0.2) is 28.7 Å². The Morgan fingerprint density at radius 1 is 1.21 bits per heavy atom. The van der Waals surface area contributed by atoms with Crippen molar-refractivity contribution in [3.8, 4) is 0 Å². The van der Waals surface area contributed by atoms with E-state index in [1.807, 2.05) is 12.1 Å². The van der Waals surface area contributed by atoms with Crippen LogP contribution in [0.3, 0.4) is 0 Å². The van der Waals surface area contributed by atoms with Gasteiger partial charge in [0.05, 0.1) is 6.61 Å². The third-order valence-corrected chi connectivity index (χ3v) is 5.86. The Bertz CT molecular complexity index is 679.